The van der Waals surface area contributed by atoms with Crippen LogP contribution in [-0.4, -0.2) is 21.6 Å². The van der Waals surface area contributed by atoms with Gasteiger partial charge in [-0.15, -0.1) is 10.2 Å². The van der Waals surface area contributed by atoms with Gasteiger partial charge in [-0.2, -0.15) is 0 Å². The van der Waals surface area contributed by atoms with E-state index in [-0.39, 0.29) is 6.79 Å². The summed E-state index contributed by atoms with van der Waals surface area (Å²) < 4.78 is 13.1. The van der Waals surface area contributed by atoms with Gasteiger partial charge >= 0.3 is 0 Å². The zero-order chi connectivity index (χ0) is 19.6. The van der Waals surface area contributed by atoms with E-state index in [0.717, 1.165) is 39.5 Å². The SMILES string of the molecule is Cc1ccccc1CSc1nnc(-c2ccc3c(c2)OCO3)n1-c1ccccc1. The van der Waals surface area contributed by atoms with Gasteiger partial charge in [0.25, 0.3) is 0 Å². The van der Waals surface area contributed by atoms with Crippen LogP contribution in [0.5, 0.6) is 11.5 Å². The van der Waals surface area contributed by atoms with Crippen molar-refractivity contribution in [1.82, 2.24) is 14.8 Å². The molecule has 5 rings (SSSR count). The van der Waals surface area contributed by atoms with Crippen LogP contribution >= 0.6 is 11.8 Å². The molecule has 0 radical (unpaired) electrons. The summed E-state index contributed by atoms with van der Waals surface area (Å²) in [6.45, 7) is 2.39. The van der Waals surface area contributed by atoms with Crippen LogP contribution < -0.4 is 9.47 Å². The molecule has 6 heteroatoms. The van der Waals surface area contributed by atoms with Gasteiger partial charge in [0.05, 0.1) is 0 Å². The number of fused-ring (bicyclic) bond motifs is 1. The molecule has 1 aromatic heterocycles. The van der Waals surface area contributed by atoms with Gasteiger partial charge in [0.15, 0.2) is 22.5 Å². The second kappa shape index (κ2) is 7.64. The van der Waals surface area contributed by atoms with Crippen LogP contribution in [0.4, 0.5) is 0 Å². The molecule has 0 amide bonds. The molecular formula is C23H19N3O2S. The Bertz CT molecular complexity index is 1160. The first-order chi connectivity index (χ1) is 14.3. The summed E-state index contributed by atoms with van der Waals surface area (Å²) in [5.74, 6) is 3.10. The molecule has 4 aromatic rings. The highest BCUT2D eigenvalue weighted by Crippen LogP contribution is 2.37. The van der Waals surface area contributed by atoms with E-state index in [9.17, 15) is 0 Å². The molecule has 0 atom stereocenters. The number of aryl methyl sites for hydroxylation is 1. The third-order valence-electron chi connectivity index (χ3n) is 4.90. The molecule has 0 saturated heterocycles. The topological polar surface area (TPSA) is 49.2 Å². The van der Waals surface area contributed by atoms with Crippen LogP contribution in [0.3, 0.4) is 0 Å². The van der Waals surface area contributed by atoms with Crippen molar-refractivity contribution in [2.24, 2.45) is 0 Å². The van der Waals surface area contributed by atoms with Crippen LogP contribution in [0.15, 0.2) is 78.0 Å². The van der Waals surface area contributed by atoms with E-state index in [2.05, 4.69) is 58.1 Å². The average Bonchev–Trinajstić information content (AvgIpc) is 3.40. The highest BCUT2D eigenvalue weighted by molar-refractivity contribution is 7.98. The average molecular weight is 401 g/mol. The van der Waals surface area contributed by atoms with Gasteiger partial charge in [0.1, 0.15) is 0 Å². The van der Waals surface area contributed by atoms with Gasteiger partial charge < -0.3 is 9.47 Å². The predicted molar refractivity (Wildman–Crippen MR) is 114 cm³/mol. The Morgan fingerprint density at radius 1 is 0.897 bits per heavy atom. The second-order valence-corrected chi connectivity index (χ2v) is 7.70. The Hall–Kier alpha value is -3.25. The third-order valence-corrected chi connectivity index (χ3v) is 5.87. The fraction of sp³-hybridized carbons (Fsp3) is 0.130. The molecule has 0 saturated carbocycles. The minimum absolute atomic E-state index is 0.252. The molecule has 0 N–H and O–H groups in total. The summed E-state index contributed by atoms with van der Waals surface area (Å²) in [6.07, 6.45) is 0. The van der Waals surface area contributed by atoms with Crippen LogP contribution in [0.2, 0.25) is 0 Å². The fourth-order valence-corrected chi connectivity index (χ4v) is 4.34. The zero-order valence-electron chi connectivity index (χ0n) is 15.9. The quantitative estimate of drug-likeness (QED) is 0.427. The Balaban J connectivity index is 1.55. The van der Waals surface area contributed by atoms with Crippen LogP contribution in [0.25, 0.3) is 17.1 Å². The van der Waals surface area contributed by atoms with Gasteiger partial charge in [0, 0.05) is 17.0 Å². The maximum Gasteiger partial charge on any atom is 0.231 e. The zero-order valence-corrected chi connectivity index (χ0v) is 16.7. The van der Waals surface area contributed by atoms with Crippen molar-refractivity contribution in [2.45, 2.75) is 17.8 Å². The van der Waals surface area contributed by atoms with Crippen LogP contribution in [0.1, 0.15) is 11.1 Å². The largest absolute Gasteiger partial charge is 0.454 e. The molecule has 144 valence electrons. The molecule has 1 aliphatic rings. The number of para-hydroxylation sites is 1. The van der Waals surface area contributed by atoms with Gasteiger partial charge in [-0.05, 0) is 48.4 Å². The molecular weight excluding hydrogens is 382 g/mol. The Morgan fingerprint density at radius 3 is 2.55 bits per heavy atom. The summed E-state index contributed by atoms with van der Waals surface area (Å²) in [4.78, 5) is 0. The number of ether oxygens (including phenoxy) is 2. The molecule has 2 heterocycles. The van der Waals surface area contributed by atoms with E-state index in [1.54, 1.807) is 11.8 Å². The lowest BCUT2D eigenvalue weighted by atomic mass is 10.1. The molecule has 29 heavy (non-hydrogen) atoms. The first-order valence-electron chi connectivity index (χ1n) is 9.38. The van der Waals surface area contributed by atoms with Gasteiger partial charge in [-0.1, -0.05) is 54.2 Å². The number of benzene rings is 3. The molecule has 0 fully saturated rings. The standard InChI is InChI=1S/C23H19N3O2S/c1-16-7-5-6-8-18(16)14-29-23-25-24-22(26(23)19-9-3-2-4-10-19)17-11-12-20-21(13-17)28-15-27-20/h2-13H,14-15H2,1H3. The molecule has 5 nitrogen and oxygen atoms in total. The highest BCUT2D eigenvalue weighted by atomic mass is 32.2. The van der Waals surface area contributed by atoms with E-state index in [1.165, 1.54) is 11.1 Å². The normalized spacial score (nSPS) is 12.3. The van der Waals surface area contributed by atoms with E-state index >= 15 is 0 Å². The van der Waals surface area contributed by atoms with Crippen molar-refractivity contribution in [3.05, 3.63) is 83.9 Å². The van der Waals surface area contributed by atoms with E-state index in [1.807, 2.05) is 36.4 Å². The summed E-state index contributed by atoms with van der Waals surface area (Å²) in [5, 5.41) is 9.88. The lowest BCUT2D eigenvalue weighted by molar-refractivity contribution is 0.174. The highest BCUT2D eigenvalue weighted by Gasteiger charge is 2.20. The monoisotopic (exact) mass is 401 g/mol. The summed E-state index contributed by atoms with van der Waals surface area (Å²) >= 11 is 1.68. The number of hydrogen-bond donors (Lipinski definition) is 0. The third kappa shape index (κ3) is 3.47. The van der Waals surface area contributed by atoms with Crippen molar-refractivity contribution in [1.29, 1.82) is 0 Å². The first-order valence-corrected chi connectivity index (χ1v) is 10.4. The number of thioether (sulfide) groups is 1. The minimum atomic E-state index is 0.252. The second-order valence-electron chi connectivity index (χ2n) is 6.76. The van der Waals surface area contributed by atoms with E-state index in [4.69, 9.17) is 9.47 Å². The number of rotatable bonds is 5. The minimum Gasteiger partial charge on any atom is -0.454 e. The molecule has 0 unspecified atom stereocenters. The van der Waals surface area contributed by atoms with Gasteiger partial charge in [0.2, 0.25) is 6.79 Å². The lowest BCUT2D eigenvalue weighted by Crippen LogP contribution is -2.00. The lowest BCUT2D eigenvalue weighted by Gasteiger charge is -2.11. The molecule has 1 aliphatic heterocycles. The fourth-order valence-electron chi connectivity index (χ4n) is 3.31. The van der Waals surface area contributed by atoms with Crippen molar-refractivity contribution >= 4 is 11.8 Å². The summed E-state index contributed by atoms with van der Waals surface area (Å²) in [6, 6.07) is 24.5. The number of aromatic nitrogens is 3. The number of hydrogen-bond acceptors (Lipinski definition) is 5. The smallest absolute Gasteiger partial charge is 0.231 e. The van der Waals surface area contributed by atoms with E-state index < -0.39 is 0 Å². The Morgan fingerprint density at radius 2 is 1.69 bits per heavy atom. The van der Waals surface area contributed by atoms with E-state index in [0.29, 0.717) is 0 Å². The first kappa shape index (κ1) is 17.8. The Kier molecular flexibility index (Phi) is 4.69. The molecule has 3 aromatic carbocycles. The van der Waals surface area contributed by atoms with Crippen molar-refractivity contribution in [3.8, 4) is 28.6 Å². The molecule has 0 spiro atoms. The number of nitrogens with zero attached hydrogens (tertiary/aromatic N) is 3. The van der Waals surface area contributed by atoms with Crippen molar-refractivity contribution in [2.75, 3.05) is 6.79 Å². The maximum absolute atomic E-state index is 5.55. The maximum atomic E-state index is 5.55. The van der Waals surface area contributed by atoms with Crippen LogP contribution in [0, 0.1) is 6.92 Å². The van der Waals surface area contributed by atoms with Crippen LogP contribution in [-0.2, 0) is 5.75 Å². The van der Waals surface area contributed by atoms with Gasteiger partial charge in [-0.3, -0.25) is 4.57 Å². The molecule has 0 bridgehead atoms. The molecule has 0 aliphatic carbocycles. The van der Waals surface area contributed by atoms with Gasteiger partial charge in [-0.25, -0.2) is 0 Å². The van der Waals surface area contributed by atoms with Crippen molar-refractivity contribution < 1.29 is 9.47 Å². The summed E-state index contributed by atoms with van der Waals surface area (Å²) in [5.41, 5.74) is 4.54. The predicted octanol–water partition coefficient (Wildman–Crippen LogP) is 5.26. The Labute approximate surface area is 173 Å². The summed E-state index contributed by atoms with van der Waals surface area (Å²) in [7, 11) is 0. The van der Waals surface area contributed by atoms with Crippen molar-refractivity contribution in [3.63, 3.8) is 0 Å².